The third-order valence-corrected chi connectivity index (χ3v) is 5.90. The van der Waals surface area contributed by atoms with Crippen LogP contribution in [0.3, 0.4) is 0 Å². The Morgan fingerprint density at radius 2 is 2.08 bits per heavy atom. The summed E-state index contributed by atoms with van der Waals surface area (Å²) in [6, 6.07) is 1.29. The van der Waals surface area contributed by atoms with Crippen molar-refractivity contribution in [3.05, 3.63) is 22.7 Å². The van der Waals surface area contributed by atoms with Gasteiger partial charge in [-0.1, -0.05) is 11.6 Å². The van der Waals surface area contributed by atoms with Crippen molar-refractivity contribution < 1.29 is 27.9 Å². The van der Waals surface area contributed by atoms with E-state index in [0.717, 1.165) is 10.4 Å². The summed E-state index contributed by atoms with van der Waals surface area (Å²) in [6.07, 6.45) is 0.654. The normalized spacial score (nSPS) is 18.4. The molecule has 0 spiro atoms. The highest BCUT2D eigenvalue weighted by atomic mass is 35.5. The molecular weight excluding hydrogens is 360 g/mol. The van der Waals surface area contributed by atoms with Crippen molar-refractivity contribution in [1.82, 2.24) is 9.62 Å². The van der Waals surface area contributed by atoms with E-state index in [1.54, 1.807) is 0 Å². The van der Waals surface area contributed by atoms with Crippen LogP contribution in [0.1, 0.15) is 23.2 Å². The van der Waals surface area contributed by atoms with Crippen LogP contribution in [-0.4, -0.2) is 56.5 Å². The van der Waals surface area contributed by atoms with Gasteiger partial charge in [0.2, 0.25) is 10.0 Å². The topological polar surface area (TPSA) is 113 Å². The molecule has 2 N–H and O–H groups in total. The number of hydrogen-bond acceptors (Lipinski definition) is 5. The lowest BCUT2D eigenvalue weighted by Gasteiger charge is -2.23. The molecule has 1 atom stereocenters. The first-order valence-electron chi connectivity index (χ1n) is 7.08. The van der Waals surface area contributed by atoms with Crippen LogP contribution in [-0.2, 0) is 14.8 Å². The molecule has 0 aromatic heterocycles. The lowest BCUT2D eigenvalue weighted by atomic mass is 10.2. The highest BCUT2D eigenvalue weighted by molar-refractivity contribution is 7.89. The molecule has 1 saturated heterocycles. The highest BCUT2D eigenvalue weighted by Gasteiger charge is 2.41. The highest BCUT2D eigenvalue weighted by Crippen LogP contribution is 2.36. The second-order valence-corrected chi connectivity index (χ2v) is 7.47. The number of nitrogens with one attached hydrogen (secondary N) is 1. The van der Waals surface area contributed by atoms with Gasteiger partial charge in [-0.3, -0.25) is 9.59 Å². The smallest absolute Gasteiger partial charge is 0.322 e. The molecule has 1 aliphatic rings. The molecule has 0 unspecified atom stereocenters. The number of benzene rings is 1. The number of carbonyl (C=O) groups is 2. The third-order valence-electron chi connectivity index (χ3n) is 3.77. The monoisotopic (exact) mass is 376 g/mol. The predicted molar refractivity (Wildman–Crippen MR) is 85.9 cm³/mol. The van der Waals surface area contributed by atoms with E-state index in [4.69, 9.17) is 16.3 Å². The molecule has 0 bridgehead atoms. The van der Waals surface area contributed by atoms with Crippen LogP contribution in [0.15, 0.2) is 17.0 Å². The van der Waals surface area contributed by atoms with Gasteiger partial charge in [0.1, 0.15) is 10.9 Å². The maximum absolute atomic E-state index is 12.9. The second kappa shape index (κ2) is 6.96. The summed E-state index contributed by atoms with van der Waals surface area (Å²) >= 11 is 5.96. The van der Waals surface area contributed by atoms with Crippen molar-refractivity contribution in [2.24, 2.45) is 0 Å². The van der Waals surface area contributed by atoms with E-state index in [9.17, 15) is 23.1 Å². The van der Waals surface area contributed by atoms with Gasteiger partial charge in [0, 0.05) is 18.6 Å². The lowest BCUT2D eigenvalue weighted by molar-refractivity contribution is -0.140. The number of ether oxygens (including phenoxy) is 1. The summed E-state index contributed by atoms with van der Waals surface area (Å²) in [5.41, 5.74) is -0.0443. The van der Waals surface area contributed by atoms with E-state index >= 15 is 0 Å². The van der Waals surface area contributed by atoms with Gasteiger partial charge < -0.3 is 15.2 Å². The number of sulfonamides is 1. The average molecular weight is 377 g/mol. The van der Waals surface area contributed by atoms with Crippen LogP contribution in [0, 0.1) is 0 Å². The molecule has 0 aliphatic carbocycles. The standard InChI is InChI=1S/C14H17ClN2O6S/c1-16-13(18)9-6-8(15)7-11(12(9)23-2)24(21,22)17-5-3-4-10(17)14(19)20/h6-7,10H,3-5H2,1-2H3,(H,16,18)(H,19,20)/t10-/m1/s1. The summed E-state index contributed by atoms with van der Waals surface area (Å²) in [5.74, 6) is -1.96. The Labute approximate surface area is 144 Å². The van der Waals surface area contributed by atoms with Crippen molar-refractivity contribution in [1.29, 1.82) is 0 Å². The fourth-order valence-electron chi connectivity index (χ4n) is 2.68. The van der Waals surface area contributed by atoms with Crippen molar-refractivity contribution in [3.63, 3.8) is 0 Å². The van der Waals surface area contributed by atoms with Crippen molar-refractivity contribution >= 4 is 33.5 Å². The van der Waals surface area contributed by atoms with Crippen LogP contribution in [0.5, 0.6) is 5.75 Å². The van der Waals surface area contributed by atoms with Crippen LogP contribution in [0.4, 0.5) is 0 Å². The van der Waals surface area contributed by atoms with Gasteiger partial charge in [0.25, 0.3) is 5.91 Å². The first-order valence-corrected chi connectivity index (χ1v) is 8.90. The SMILES string of the molecule is CNC(=O)c1cc(Cl)cc(S(=O)(=O)N2CCC[C@@H]2C(=O)O)c1OC. The Morgan fingerprint density at radius 3 is 2.62 bits per heavy atom. The Hall–Kier alpha value is -1.84. The van der Waals surface area contributed by atoms with Crippen molar-refractivity contribution in [2.45, 2.75) is 23.8 Å². The van der Waals surface area contributed by atoms with Gasteiger partial charge in [0.15, 0.2) is 5.75 Å². The Morgan fingerprint density at radius 1 is 1.42 bits per heavy atom. The first kappa shape index (κ1) is 18.5. The summed E-state index contributed by atoms with van der Waals surface area (Å²) < 4.78 is 31.9. The fraction of sp³-hybridized carbons (Fsp3) is 0.429. The van der Waals surface area contributed by atoms with Crippen molar-refractivity contribution in [3.8, 4) is 5.75 Å². The Kier molecular flexibility index (Phi) is 5.36. The minimum absolute atomic E-state index is 0.0269. The summed E-state index contributed by atoms with van der Waals surface area (Å²) in [7, 11) is -1.58. The number of methoxy groups -OCH3 is 1. The molecule has 1 aliphatic heterocycles. The summed E-state index contributed by atoms with van der Waals surface area (Å²) in [5, 5.41) is 11.6. The fourth-order valence-corrected chi connectivity index (χ4v) is 4.81. The molecule has 0 saturated carbocycles. The number of aliphatic carboxylic acids is 1. The maximum atomic E-state index is 12.9. The number of carboxylic acid groups (broad SMARTS) is 1. The molecule has 0 radical (unpaired) electrons. The molecule has 2 rings (SSSR count). The van der Waals surface area contributed by atoms with E-state index in [2.05, 4.69) is 5.32 Å². The van der Waals surface area contributed by atoms with Gasteiger partial charge in [-0.2, -0.15) is 4.31 Å². The van der Waals surface area contributed by atoms with Gasteiger partial charge in [-0.25, -0.2) is 8.42 Å². The molecule has 1 heterocycles. The molecule has 8 nitrogen and oxygen atoms in total. The number of carboxylic acids is 1. The lowest BCUT2D eigenvalue weighted by Crippen LogP contribution is -2.40. The summed E-state index contributed by atoms with van der Waals surface area (Å²) in [6.45, 7) is 0.0737. The van der Waals surface area contributed by atoms with Crippen LogP contribution < -0.4 is 10.1 Å². The molecule has 10 heteroatoms. The molecule has 1 amide bonds. The van der Waals surface area contributed by atoms with Gasteiger partial charge in [0.05, 0.1) is 12.7 Å². The van der Waals surface area contributed by atoms with E-state index in [1.165, 1.54) is 20.2 Å². The number of amides is 1. The molecule has 1 aromatic rings. The largest absolute Gasteiger partial charge is 0.494 e. The van der Waals surface area contributed by atoms with Gasteiger partial charge in [-0.05, 0) is 25.0 Å². The number of rotatable bonds is 5. The van der Waals surface area contributed by atoms with E-state index in [-0.39, 0.29) is 34.2 Å². The molecule has 1 aromatic carbocycles. The molecule has 132 valence electrons. The van der Waals surface area contributed by atoms with Crippen LogP contribution in [0.25, 0.3) is 0 Å². The first-order chi connectivity index (χ1) is 11.2. The molecular formula is C14H17ClN2O6S. The zero-order valence-electron chi connectivity index (χ0n) is 13.1. The predicted octanol–water partition coefficient (Wildman–Crippen LogP) is 0.946. The third kappa shape index (κ3) is 3.19. The van der Waals surface area contributed by atoms with E-state index in [1.807, 2.05) is 0 Å². The minimum atomic E-state index is -4.20. The quantitative estimate of drug-likeness (QED) is 0.790. The van der Waals surface area contributed by atoms with Crippen LogP contribution in [0.2, 0.25) is 5.02 Å². The maximum Gasteiger partial charge on any atom is 0.322 e. The van der Waals surface area contributed by atoms with Crippen molar-refractivity contribution in [2.75, 3.05) is 20.7 Å². The Bertz CT molecular complexity index is 780. The van der Waals surface area contributed by atoms with Crippen LogP contribution >= 0.6 is 11.6 Å². The zero-order valence-corrected chi connectivity index (χ0v) is 14.6. The van der Waals surface area contributed by atoms with Gasteiger partial charge >= 0.3 is 5.97 Å². The number of nitrogens with zero attached hydrogens (tertiary/aromatic N) is 1. The summed E-state index contributed by atoms with van der Waals surface area (Å²) in [4.78, 5) is 22.9. The van der Waals surface area contributed by atoms with E-state index in [0.29, 0.717) is 6.42 Å². The number of hydrogen-bond donors (Lipinski definition) is 2. The average Bonchev–Trinajstić information content (AvgIpc) is 3.04. The second-order valence-electron chi connectivity index (χ2n) is 5.18. The van der Waals surface area contributed by atoms with Gasteiger partial charge in [-0.15, -0.1) is 0 Å². The number of halogens is 1. The Balaban J connectivity index is 2.64. The molecule has 1 fully saturated rings. The molecule has 24 heavy (non-hydrogen) atoms. The minimum Gasteiger partial charge on any atom is -0.494 e. The zero-order chi connectivity index (χ0) is 18.1. The number of carbonyl (C=O) groups excluding carboxylic acids is 1. The van der Waals surface area contributed by atoms with E-state index < -0.39 is 27.9 Å².